The van der Waals surface area contributed by atoms with Crippen LogP contribution in [0.4, 0.5) is 5.69 Å². The highest BCUT2D eigenvalue weighted by atomic mass is 35.5. The van der Waals surface area contributed by atoms with Crippen LogP contribution in [0.3, 0.4) is 0 Å². The van der Waals surface area contributed by atoms with E-state index in [-0.39, 0.29) is 31.4 Å². The van der Waals surface area contributed by atoms with Crippen LogP contribution < -0.4 is 5.32 Å². The fourth-order valence-corrected chi connectivity index (χ4v) is 3.24. The molecule has 0 aliphatic heterocycles. The number of H-pyrrole nitrogens is 1. The SMILES string of the molecule is CCOC(=O)c1c(C)[nH]c(C(=O)CN(C)CC(=O)Nc2ccc(Cl)c(Cl)c2)c1C. The molecule has 2 N–H and O–H groups in total. The molecule has 0 atom stereocenters. The van der Waals surface area contributed by atoms with Gasteiger partial charge in [-0.1, -0.05) is 23.2 Å². The number of ketones is 1. The number of ether oxygens (including phenoxy) is 1. The van der Waals surface area contributed by atoms with Crippen molar-refractivity contribution in [1.82, 2.24) is 9.88 Å². The standard InChI is InChI=1S/C20H23Cl2N3O4/c1-5-29-20(28)18-11(2)19(23-12(18)3)16(26)9-25(4)10-17(27)24-13-6-7-14(21)15(22)8-13/h6-8,23H,5,9-10H2,1-4H3,(H,24,27). The smallest absolute Gasteiger partial charge is 0.340 e. The van der Waals surface area contributed by atoms with Crippen LogP contribution in [0.5, 0.6) is 0 Å². The number of carbonyl (C=O) groups is 3. The van der Waals surface area contributed by atoms with E-state index in [1.165, 1.54) is 0 Å². The second kappa shape index (κ2) is 9.91. The number of hydrogen-bond donors (Lipinski definition) is 2. The molecule has 0 spiro atoms. The average molecular weight is 440 g/mol. The van der Waals surface area contributed by atoms with E-state index in [4.69, 9.17) is 27.9 Å². The van der Waals surface area contributed by atoms with Crippen LogP contribution in [0.2, 0.25) is 10.0 Å². The van der Waals surface area contributed by atoms with E-state index in [2.05, 4.69) is 10.3 Å². The Morgan fingerprint density at radius 1 is 1.14 bits per heavy atom. The van der Waals surface area contributed by atoms with E-state index in [1.807, 2.05) is 0 Å². The Bertz CT molecular complexity index is 940. The molecule has 2 rings (SSSR count). The van der Waals surface area contributed by atoms with Crippen molar-refractivity contribution < 1.29 is 19.1 Å². The van der Waals surface area contributed by atoms with Gasteiger partial charge in [-0.15, -0.1) is 0 Å². The molecule has 1 aromatic heterocycles. The van der Waals surface area contributed by atoms with Gasteiger partial charge in [0.1, 0.15) is 0 Å². The Kier molecular flexibility index (Phi) is 7.84. The lowest BCUT2D eigenvalue weighted by Gasteiger charge is -2.15. The van der Waals surface area contributed by atoms with Crippen molar-refractivity contribution in [2.75, 3.05) is 32.1 Å². The third-order valence-electron chi connectivity index (χ3n) is 4.23. The first kappa shape index (κ1) is 22.9. The summed E-state index contributed by atoms with van der Waals surface area (Å²) in [5.41, 5.74) is 2.33. The molecule has 2 aromatic rings. The summed E-state index contributed by atoms with van der Waals surface area (Å²) in [4.78, 5) is 41.5. The summed E-state index contributed by atoms with van der Waals surface area (Å²) < 4.78 is 5.04. The third kappa shape index (κ3) is 5.82. The molecule has 1 aromatic carbocycles. The zero-order valence-corrected chi connectivity index (χ0v) is 18.2. The number of hydrogen-bond acceptors (Lipinski definition) is 5. The molecule has 9 heteroatoms. The summed E-state index contributed by atoms with van der Waals surface area (Å²) >= 11 is 11.8. The van der Waals surface area contributed by atoms with Crippen LogP contribution in [-0.4, -0.2) is 54.3 Å². The molecule has 7 nitrogen and oxygen atoms in total. The number of esters is 1. The first-order valence-corrected chi connectivity index (χ1v) is 9.72. The van der Waals surface area contributed by atoms with Gasteiger partial charge in [0.15, 0.2) is 5.78 Å². The maximum absolute atomic E-state index is 12.7. The van der Waals surface area contributed by atoms with E-state index in [1.54, 1.807) is 50.9 Å². The number of aromatic nitrogens is 1. The second-order valence-electron chi connectivity index (χ2n) is 6.62. The number of anilines is 1. The highest BCUT2D eigenvalue weighted by molar-refractivity contribution is 6.42. The lowest BCUT2D eigenvalue weighted by atomic mass is 10.1. The fourth-order valence-electron chi connectivity index (χ4n) is 2.94. The second-order valence-corrected chi connectivity index (χ2v) is 7.43. The summed E-state index contributed by atoms with van der Waals surface area (Å²) in [6.45, 7) is 5.37. The molecule has 0 aliphatic rings. The molecule has 29 heavy (non-hydrogen) atoms. The van der Waals surface area contributed by atoms with Gasteiger partial charge in [-0.05, 0) is 51.6 Å². The summed E-state index contributed by atoms with van der Waals surface area (Å²) in [5, 5.41) is 3.43. The zero-order chi connectivity index (χ0) is 21.7. The van der Waals surface area contributed by atoms with Crippen molar-refractivity contribution in [3.8, 4) is 0 Å². The Morgan fingerprint density at radius 3 is 2.45 bits per heavy atom. The van der Waals surface area contributed by atoms with E-state index in [9.17, 15) is 14.4 Å². The van der Waals surface area contributed by atoms with Crippen molar-refractivity contribution in [3.05, 3.63) is 50.8 Å². The van der Waals surface area contributed by atoms with Gasteiger partial charge in [0.05, 0.1) is 41.0 Å². The Hall–Kier alpha value is -2.35. The first-order chi connectivity index (χ1) is 13.6. The maximum Gasteiger partial charge on any atom is 0.340 e. The van der Waals surface area contributed by atoms with E-state index in [0.717, 1.165) is 0 Å². The lowest BCUT2D eigenvalue weighted by molar-refractivity contribution is -0.116. The minimum absolute atomic E-state index is 0.00213. The summed E-state index contributed by atoms with van der Waals surface area (Å²) in [7, 11) is 1.66. The molecule has 0 saturated carbocycles. The summed E-state index contributed by atoms with van der Waals surface area (Å²) in [5.74, 6) is -0.997. The van der Waals surface area contributed by atoms with Gasteiger partial charge in [-0.2, -0.15) is 0 Å². The van der Waals surface area contributed by atoms with Gasteiger partial charge in [-0.25, -0.2) is 4.79 Å². The van der Waals surface area contributed by atoms with Gasteiger partial charge in [0.2, 0.25) is 5.91 Å². The number of Topliss-reactive ketones (excluding diaryl/α,β-unsaturated/α-hetero) is 1. The average Bonchev–Trinajstić information content (AvgIpc) is 2.92. The molecule has 1 amide bonds. The minimum Gasteiger partial charge on any atom is -0.462 e. The summed E-state index contributed by atoms with van der Waals surface area (Å²) in [6.07, 6.45) is 0. The molecule has 1 heterocycles. The molecular weight excluding hydrogens is 417 g/mol. The van der Waals surface area contributed by atoms with Crippen LogP contribution in [0.15, 0.2) is 18.2 Å². The van der Waals surface area contributed by atoms with Crippen molar-refractivity contribution in [3.63, 3.8) is 0 Å². The predicted molar refractivity (Wildman–Crippen MR) is 113 cm³/mol. The number of rotatable bonds is 8. The molecule has 156 valence electrons. The topological polar surface area (TPSA) is 91.5 Å². The highest BCUT2D eigenvalue weighted by Crippen LogP contribution is 2.25. The Balaban J connectivity index is 2.00. The van der Waals surface area contributed by atoms with Crippen LogP contribution in [0.1, 0.15) is 39.0 Å². The number of benzene rings is 1. The number of aromatic amines is 1. The largest absolute Gasteiger partial charge is 0.462 e. The first-order valence-electron chi connectivity index (χ1n) is 8.97. The zero-order valence-electron chi connectivity index (χ0n) is 16.7. The van der Waals surface area contributed by atoms with E-state index >= 15 is 0 Å². The normalized spacial score (nSPS) is 10.9. The molecule has 0 bridgehead atoms. The highest BCUT2D eigenvalue weighted by Gasteiger charge is 2.23. The van der Waals surface area contributed by atoms with E-state index in [0.29, 0.717) is 38.2 Å². The number of halogens is 2. The molecule has 0 radical (unpaired) electrons. The van der Waals surface area contributed by atoms with Crippen molar-refractivity contribution in [2.45, 2.75) is 20.8 Å². The number of nitrogens with one attached hydrogen (secondary N) is 2. The number of aryl methyl sites for hydroxylation is 1. The molecule has 0 saturated heterocycles. The van der Waals surface area contributed by atoms with Gasteiger partial charge in [0.25, 0.3) is 0 Å². The number of likely N-dealkylation sites (N-methyl/N-ethyl adjacent to an activating group) is 1. The molecular formula is C20H23Cl2N3O4. The summed E-state index contributed by atoms with van der Waals surface area (Å²) in [6, 6.07) is 4.78. The maximum atomic E-state index is 12.7. The lowest BCUT2D eigenvalue weighted by Crippen LogP contribution is -2.34. The van der Waals surface area contributed by atoms with Crippen molar-refractivity contribution >= 4 is 46.5 Å². The van der Waals surface area contributed by atoms with Gasteiger partial charge in [-0.3, -0.25) is 14.5 Å². The monoisotopic (exact) mass is 439 g/mol. The minimum atomic E-state index is -0.466. The molecule has 0 unspecified atom stereocenters. The van der Waals surface area contributed by atoms with Crippen LogP contribution in [0.25, 0.3) is 0 Å². The van der Waals surface area contributed by atoms with Gasteiger partial charge in [0, 0.05) is 11.4 Å². The quantitative estimate of drug-likeness (QED) is 0.481. The molecule has 0 fully saturated rings. The Labute approximate surface area is 179 Å². The van der Waals surface area contributed by atoms with Crippen LogP contribution in [-0.2, 0) is 9.53 Å². The predicted octanol–water partition coefficient (Wildman–Crippen LogP) is 3.87. The Morgan fingerprint density at radius 2 is 1.83 bits per heavy atom. The fraction of sp³-hybridized carbons (Fsp3) is 0.350. The van der Waals surface area contributed by atoms with E-state index < -0.39 is 5.97 Å². The number of amides is 1. The number of nitrogens with zero attached hydrogens (tertiary/aromatic N) is 1. The van der Waals surface area contributed by atoms with Crippen LogP contribution in [0, 0.1) is 13.8 Å². The van der Waals surface area contributed by atoms with Gasteiger partial charge < -0.3 is 15.0 Å². The number of carbonyl (C=O) groups excluding carboxylic acids is 3. The van der Waals surface area contributed by atoms with Crippen molar-refractivity contribution in [2.24, 2.45) is 0 Å². The molecule has 0 aliphatic carbocycles. The van der Waals surface area contributed by atoms with Crippen molar-refractivity contribution in [1.29, 1.82) is 0 Å². The third-order valence-corrected chi connectivity index (χ3v) is 4.97. The van der Waals surface area contributed by atoms with Gasteiger partial charge >= 0.3 is 5.97 Å². The van der Waals surface area contributed by atoms with Crippen LogP contribution >= 0.6 is 23.2 Å².